The van der Waals surface area contributed by atoms with E-state index < -0.39 is 0 Å². The zero-order valence-corrected chi connectivity index (χ0v) is 9.01. The molecule has 0 bridgehead atoms. The van der Waals surface area contributed by atoms with Crippen LogP contribution in [0.4, 0.5) is 0 Å². The van der Waals surface area contributed by atoms with E-state index in [-0.39, 0.29) is 23.4 Å². The number of nitrogens with zero attached hydrogens (tertiary/aromatic N) is 1. The fourth-order valence-electron chi connectivity index (χ4n) is 0. The molecule has 0 N–H and O–H groups in total. The molecule has 8 heteroatoms. The van der Waals surface area contributed by atoms with E-state index in [9.17, 15) is 0 Å². The maximum absolute atomic E-state index is 7.50. The molecule has 0 aliphatic rings. The Morgan fingerprint density at radius 2 is 0.800 bits per heavy atom. The van der Waals surface area contributed by atoms with Crippen molar-refractivity contribution in [2.45, 2.75) is 0 Å². The van der Waals surface area contributed by atoms with Crippen molar-refractivity contribution in [2.75, 3.05) is 6.00 Å². The molecule has 0 spiro atoms. The molecule has 0 radical (unpaired) electrons. The van der Waals surface area contributed by atoms with Gasteiger partial charge in [0.1, 0.15) is 0 Å². The number of rotatable bonds is 0. The predicted molar refractivity (Wildman–Crippen MR) is 37.0 cm³/mol. The van der Waals surface area contributed by atoms with Gasteiger partial charge < -0.3 is 0 Å². The summed E-state index contributed by atoms with van der Waals surface area (Å²) in [6.07, 6.45) is 0. The summed E-state index contributed by atoms with van der Waals surface area (Å²) < 4.78 is 37.5. The second kappa shape index (κ2) is 1830. The van der Waals surface area contributed by atoms with Crippen molar-refractivity contribution >= 4 is 11.6 Å². The summed E-state index contributed by atoms with van der Waals surface area (Å²) in [5, 5.41) is 0. The number of hydrogen-bond acceptors (Lipinski definition) is 0. The predicted octanol–water partition coefficient (Wildman–Crippen LogP) is 0.912. The van der Waals surface area contributed by atoms with Crippen LogP contribution < -0.4 is 0 Å². The van der Waals surface area contributed by atoms with Crippen LogP contribution in [-0.2, 0) is 40.6 Å². The molecule has 0 aromatic heterocycles. The van der Waals surface area contributed by atoms with Crippen molar-refractivity contribution in [1.82, 2.24) is 0 Å². The quantitative estimate of drug-likeness (QED) is 0.269. The Labute approximate surface area is 103 Å². The SMILES string of the molecule is [C-]#[N+]CCl.[C-]#[O+].[C-]#[O+].[C-]#[O+].[C-]#[O+].[C-]#[O+].[Cr]. The Kier molecular flexibility index (Phi) is 5890. The Morgan fingerprint density at radius 1 is 0.733 bits per heavy atom. The molecule has 6 nitrogen and oxygen atoms in total. The number of hydrogen-bond donors (Lipinski definition) is 0. The average molecular weight is 268 g/mol. The molecule has 0 aliphatic heterocycles. The smallest absolute Gasteiger partial charge is 0 e. The van der Waals surface area contributed by atoms with Gasteiger partial charge in [-0.15, -0.1) is 0 Å². The van der Waals surface area contributed by atoms with Gasteiger partial charge >= 0.3 is 56.5 Å². The zero-order valence-electron chi connectivity index (χ0n) is 6.98. The van der Waals surface area contributed by atoms with E-state index >= 15 is 0 Å². The van der Waals surface area contributed by atoms with E-state index in [1.807, 2.05) is 0 Å². The summed E-state index contributed by atoms with van der Waals surface area (Å²) in [7, 11) is 0. The Balaban J connectivity index is -0.0000000105. The van der Waals surface area contributed by atoms with Crippen LogP contribution in [0.25, 0.3) is 4.85 Å². The van der Waals surface area contributed by atoms with Gasteiger partial charge in [0.15, 0.2) is 0 Å². The van der Waals surface area contributed by atoms with Crippen molar-refractivity contribution in [2.24, 2.45) is 0 Å². The fraction of sp³-hybridized carbons (Fsp3) is 0.143. The van der Waals surface area contributed by atoms with Gasteiger partial charge in [-0.3, -0.25) is 4.85 Å². The van der Waals surface area contributed by atoms with Crippen molar-refractivity contribution in [3.63, 3.8) is 0 Å². The van der Waals surface area contributed by atoms with Crippen LogP contribution in [0.5, 0.6) is 0 Å². The van der Waals surface area contributed by atoms with E-state index in [1.54, 1.807) is 0 Å². The van der Waals surface area contributed by atoms with Gasteiger partial charge in [-0.25, -0.2) is 6.57 Å². The second-order valence-electron chi connectivity index (χ2n) is 0.278. The summed E-state index contributed by atoms with van der Waals surface area (Å²) in [6, 6.07) is 0.0833. The largest absolute Gasteiger partial charge is 0 e. The van der Waals surface area contributed by atoms with Gasteiger partial charge in [-0.1, -0.05) is 0 Å². The van der Waals surface area contributed by atoms with Crippen LogP contribution in [0, 0.1) is 39.8 Å². The van der Waals surface area contributed by atoms with Gasteiger partial charge in [0.05, 0.1) is 0 Å². The standard InChI is InChI=1S/C2H2ClN.5CO.Cr/c1-4-2-3;5*1-2;/h2H2;;;;;;. The summed E-state index contributed by atoms with van der Waals surface area (Å²) >= 11 is 4.83. The van der Waals surface area contributed by atoms with Crippen LogP contribution >= 0.6 is 11.6 Å². The minimum absolute atomic E-state index is 0. The summed E-state index contributed by atoms with van der Waals surface area (Å²) in [5.74, 6) is 0. The maximum Gasteiger partial charge on any atom is 0 e. The Morgan fingerprint density at radius 3 is 0.800 bits per heavy atom. The van der Waals surface area contributed by atoms with Gasteiger partial charge in [0.25, 0.3) is 6.00 Å². The van der Waals surface area contributed by atoms with Gasteiger partial charge in [-0.2, -0.15) is 0 Å². The first-order chi connectivity index (χ1) is 6.91. The first-order valence-corrected chi connectivity index (χ1v) is 2.36. The van der Waals surface area contributed by atoms with Crippen molar-refractivity contribution in [3.8, 4) is 0 Å². The first kappa shape index (κ1) is 48.2. The van der Waals surface area contributed by atoms with Crippen LogP contribution in [-0.4, -0.2) is 6.00 Å². The minimum atomic E-state index is 0. The summed E-state index contributed by atoms with van der Waals surface area (Å²) in [5.41, 5.74) is 0. The fourth-order valence-corrected chi connectivity index (χ4v) is 0. The molecule has 78 valence electrons. The van der Waals surface area contributed by atoms with Gasteiger partial charge in [0, 0.05) is 17.4 Å². The summed E-state index contributed by atoms with van der Waals surface area (Å²) in [4.78, 5) is 2.75. The van der Waals surface area contributed by atoms with E-state index in [2.05, 4.69) is 38.1 Å². The Hall–Kier alpha value is -0.988. The van der Waals surface area contributed by atoms with E-state index in [4.69, 9.17) is 41.4 Å². The molecule has 0 aliphatic carbocycles. The van der Waals surface area contributed by atoms with Crippen LogP contribution in [0.1, 0.15) is 0 Å². The van der Waals surface area contributed by atoms with Crippen molar-refractivity contribution in [1.29, 1.82) is 0 Å². The van der Waals surface area contributed by atoms with E-state index in [0.29, 0.717) is 0 Å². The van der Waals surface area contributed by atoms with Crippen LogP contribution in [0.3, 0.4) is 0 Å². The molecular weight excluding hydrogens is 266 g/mol. The molecule has 0 fully saturated rings. The summed E-state index contributed by atoms with van der Waals surface area (Å²) in [6.45, 7) is 28.4. The second-order valence-corrected chi connectivity index (χ2v) is 0.517. The molecule has 15 heavy (non-hydrogen) atoms. The maximum atomic E-state index is 7.50. The van der Waals surface area contributed by atoms with E-state index in [1.165, 1.54) is 0 Å². The van der Waals surface area contributed by atoms with E-state index in [0.717, 1.165) is 0 Å². The Bertz CT molecular complexity index is 155. The molecule has 0 rings (SSSR count). The van der Waals surface area contributed by atoms with Crippen LogP contribution in [0.15, 0.2) is 0 Å². The molecule has 0 heterocycles. The molecule has 0 atom stereocenters. The van der Waals surface area contributed by atoms with Gasteiger partial charge in [0.2, 0.25) is 0 Å². The van der Waals surface area contributed by atoms with Gasteiger partial charge in [-0.05, 0) is 11.6 Å². The van der Waals surface area contributed by atoms with Crippen molar-refractivity contribution < 1.29 is 40.6 Å². The number of halogens is 1. The average Bonchev–Trinajstić information content (AvgIpc) is 2.41. The molecule has 0 amide bonds. The third-order valence-electron chi connectivity index (χ3n) is 0.0598. The molecule has 0 aromatic carbocycles. The van der Waals surface area contributed by atoms with Crippen molar-refractivity contribution in [3.05, 3.63) is 44.7 Å². The minimum Gasteiger partial charge on any atom is 0 e. The molecule has 0 saturated carbocycles. The normalized spacial score (nSPS) is 2.00. The molecule has 0 unspecified atom stereocenters. The first-order valence-electron chi connectivity index (χ1n) is 1.83. The number of alkyl halides is 1. The third-order valence-corrected chi connectivity index (χ3v) is 0.179. The third kappa shape index (κ3) is 10200000. The molecule has 0 saturated heterocycles. The monoisotopic (exact) mass is 267 g/mol. The zero-order chi connectivity index (χ0) is 13.4. The molecule has 0 aromatic rings. The molecular formula is C7H2ClCrNO5. The topological polar surface area (TPSA) is 104 Å². The van der Waals surface area contributed by atoms with Crippen LogP contribution in [0.2, 0.25) is 0 Å².